The van der Waals surface area contributed by atoms with Gasteiger partial charge >= 0.3 is 5.97 Å². The zero-order valence-corrected chi connectivity index (χ0v) is 17.4. The fourth-order valence-electron chi connectivity index (χ4n) is 2.59. The number of carbonyl (C=O) groups is 2. The van der Waals surface area contributed by atoms with E-state index in [1.54, 1.807) is 19.1 Å². The standard InChI is InChI=1S/C21H26N2O5S/c1-3-5-7-16-10-12-18(13-11-16)23-29(26,27)19-9-6-8-17(14-19)21(25)28-15-20(24)22-4-2/h6,8-14,23H,3-5,7,15H2,1-2H3,(H,22,24). The predicted molar refractivity (Wildman–Crippen MR) is 111 cm³/mol. The Balaban J connectivity index is 2.07. The number of anilines is 1. The maximum absolute atomic E-state index is 12.7. The van der Waals surface area contributed by atoms with Crippen LogP contribution in [0.3, 0.4) is 0 Å². The summed E-state index contributed by atoms with van der Waals surface area (Å²) in [6, 6.07) is 12.7. The first-order valence-electron chi connectivity index (χ1n) is 9.51. The Morgan fingerprint density at radius 1 is 1.03 bits per heavy atom. The number of nitrogens with one attached hydrogen (secondary N) is 2. The van der Waals surface area contributed by atoms with Gasteiger partial charge in [0.2, 0.25) is 0 Å². The Labute approximate surface area is 171 Å². The number of ether oxygens (including phenoxy) is 1. The maximum atomic E-state index is 12.7. The van der Waals surface area contributed by atoms with Crippen LogP contribution < -0.4 is 10.0 Å². The molecule has 0 heterocycles. The van der Waals surface area contributed by atoms with Gasteiger partial charge in [0.1, 0.15) is 0 Å². The lowest BCUT2D eigenvalue weighted by molar-refractivity contribution is -0.124. The average molecular weight is 419 g/mol. The molecule has 0 saturated heterocycles. The summed E-state index contributed by atoms with van der Waals surface area (Å²) in [5, 5.41) is 2.51. The van der Waals surface area contributed by atoms with Crippen molar-refractivity contribution in [3.8, 4) is 0 Å². The van der Waals surface area contributed by atoms with E-state index in [-0.39, 0.29) is 10.5 Å². The van der Waals surface area contributed by atoms with E-state index in [1.807, 2.05) is 12.1 Å². The molecule has 2 rings (SSSR count). The van der Waals surface area contributed by atoms with Crippen LogP contribution in [0.5, 0.6) is 0 Å². The number of benzene rings is 2. The highest BCUT2D eigenvalue weighted by molar-refractivity contribution is 7.92. The minimum absolute atomic E-state index is 0.0482. The van der Waals surface area contributed by atoms with Crippen molar-refractivity contribution in [2.75, 3.05) is 17.9 Å². The monoisotopic (exact) mass is 418 g/mol. The van der Waals surface area contributed by atoms with Gasteiger partial charge in [0.15, 0.2) is 6.61 Å². The number of sulfonamides is 1. The molecule has 29 heavy (non-hydrogen) atoms. The van der Waals surface area contributed by atoms with Crippen LogP contribution in [0.25, 0.3) is 0 Å². The van der Waals surface area contributed by atoms with E-state index >= 15 is 0 Å². The number of carbonyl (C=O) groups excluding carboxylic acids is 2. The van der Waals surface area contributed by atoms with Crippen molar-refractivity contribution in [3.05, 3.63) is 59.7 Å². The van der Waals surface area contributed by atoms with Crippen LogP contribution in [0.4, 0.5) is 5.69 Å². The van der Waals surface area contributed by atoms with Crippen molar-refractivity contribution in [1.82, 2.24) is 5.32 Å². The Hall–Kier alpha value is -2.87. The van der Waals surface area contributed by atoms with Crippen LogP contribution in [-0.4, -0.2) is 33.4 Å². The molecule has 2 N–H and O–H groups in total. The highest BCUT2D eigenvalue weighted by Crippen LogP contribution is 2.19. The fraction of sp³-hybridized carbons (Fsp3) is 0.333. The fourth-order valence-corrected chi connectivity index (χ4v) is 3.69. The summed E-state index contributed by atoms with van der Waals surface area (Å²) in [7, 11) is -3.88. The first kappa shape index (κ1) is 22.4. The first-order chi connectivity index (χ1) is 13.9. The van der Waals surface area contributed by atoms with Crippen LogP contribution in [0.1, 0.15) is 42.6 Å². The molecule has 1 amide bonds. The smallest absolute Gasteiger partial charge is 0.338 e. The molecule has 156 valence electrons. The normalized spacial score (nSPS) is 11.0. The third kappa shape index (κ3) is 6.90. The summed E-state index contributed by atoms with van der Waals surface area (Å²) < 4.78 is 32.7. The topological polar surface area (TPSA) is 102 Å². The molecule has 2 aromatic rings. The predicted octanol–water partition coefficient (Wildman–Crippen LogP) is 3.12. The zero-order valence-electron chi connectivity index (χ0n) is 16.6. The van der Waals surface area contributed by atoms with Gasteiger partial charge < -0.3 is 10.1 Å². The van der Waals surface area contributed by atoms with E-state index in [1.165, 1.54) is 24.3 Å². The summed E-state index contributed by atoms with van der Waals surface area (Å²) in [5.74, 6) is -1.19. The number of esters is 1. The minimum Gasteiger partial charge on any atom is -0.452 e. The molecule has 2 aromatic carbocycles. The molecule has 8 heteroatoms. The maximum Gasteiger partial charge on any atom is 0.338 e. The Bertz CT molecular complexity index is 940. The van der Waals surface area contributed by atoms with Gasteiger partial charge in [-0.25, -0.2) is 13.2 Å². The van der Waals surface area contributed by atoms with Gasteiger partial charge in [-0.15, -0.1) is 0 Å². The van der Waals surface area contributed by atoms with Crippen molar-refractivity contribution in [1.29, 1.82) is 0 Å². The largest absolute Gasteiger partial charge is 0.452 e. The number of unbranched alkanes of at least 4 members (excludes halogenated alkanes) is 1. The van der Waals surface area contributed by atoms with Gasteiger partial charge in [-0.05, 0) is 55.7 Å². The third-order valence-corrected chi connectivity index (χ3v) is 5.49. The molecule has 0 fully saturated rings. The number of rotatable bonds is 10. The second-order valence-corrected chi connectivity index (χ2v) is 8.15. The Kier molecular flexibility index (Phi) is 8.21. The summed E-state index contributed by atoms with van der Waals surface area (Å²) >= 11 is 0. The van der Waals surface area contributed by atoms with Gasteiger partial charge in [0, 0.05) is 12.2 Å². The lowest BCUT2D eigenvalue weighted by atomic mass is 10.1. The molecule has 0 saturated carbocycles. The van der Waals surface area contributed by atoms with Gasteiger partial charge in [-0.3, -0.25) is 9.52 Å². The molecule has 0 atom stereocenters. The van der Waals surface area contributed by atoms with Gasteiger partial charge in [0.25, 0.3) is 15.9 Å². The van der Waals surface area contributed by atoms with Crippen LogP contribution in [0.2, 0.25) is 0 Å². The van der Waals surface area contributed by atoms with E-state index in [4.69, 9.17) is 4.74 Å². The van der Waals surface area contributed by atoms with Gasteiger partial charge in [0.05, 0.1) is 10.5 Å². The number of hydrogen-bond donors (Lipinski definition) is 2. The van der Waals surface area contributed by atoms with Crippen molar-refractivity contribution in [2.24, 2.45) is 0 Å². The van der Waals surface area contributed by atoms with Gasteiger partial charge in [-0.1, -0.05) is 31.5 Å². The Morgan fingerprint density at radius 2 is 1.76 bits per heavy atom. The van der Waals surface area contributed by atoms with Crippen molar-refractivity contribution < 1.29 is 22.7 Å². The lowest BCUT2D eigenvalue weighted by Crippen LogP contribution is -2.28. The first-order valence-corrected chi connectivity index (χ1v) is 11.0. The number of amides is 1. The molecule has 0 aliphatic carbocycles. The zero-order chi connectivity index (χ0) is 21.3. The highest BCUT2D eigenvalue weighted by Gasteiger charge is 2.17. The second kappa shape index (κ2) is 10.6. The van der Waals surface area contributed by atoms with E-state index in [2.05, 4.69) is 17.0 Å². The number of aryl methyl sites for hydroxylation is 1. The Morgan fingerprint density at radius 3 is 2.41 bits per heavy atom. The summed E-state index contributed by atoms with van der Waals surface area (Å²) in [4.78, 5) is 23.4. The van der Waals surface area contributed by atoms with Crippen LogP contribution in [-0.2, 0) is 26.0 Å². The molecule has 0 bridgehead atoms. The summed E-state index contributed by atoms with van der Waals surface area (Å²) in [5.41, 5.74) is 1.63. The third-order valence-electron chi connectivity index (χ3n) is 4.11. The summed E-state index contributed by atoms with van der Waals surface area (Å²) in [6.45, 7) is 3.87. The number of likely N-dealkylation sites (N-methyl/N-ethyl adjacent to an activating group) is 1. The van der Waals surface area contributed by atoms with Gasteiger partial charge in [-0.2, -0.15) is 0 Å². The van der Waals surface area contributed by atoms with Crippen LogP contribution in [0.15, 0.2) is 53.4 Å². The van der Waals surface area contributed by atoms with Crippen LogP contribution in [0, 0.1) is 0 Å². The molecular formula is C21H26N2O5S. The molecule has 0 radical (unpaired) electrons. The van der Waals surface area contributed by atoms with E-state index in [9.17, 15) is 18.0 Å². The summed E-state index contributed by atoms with van der Waals surface area (Å²) in [6.07, 6.45) is 3.12. The molecule has 0 unspecified atom stereocenters. The highest BCUT2D eigenvalue weighted by atomic mass is 32.2. The van der Waals surface area contributed by atoms with Crippen LogP contribution >= 0.6 is 0 Å². The molecule has 0 aliphatic rings. The SMILES string of the molecule is CCCCc1ccc(NS(=O)(=O)c2cccc(C(=O)OCC(=O)NCC)c2)cc1. The second-order valence-electron chi connectivity index (χ2n) is 6.46. The molecule has 0 spiro atoms. The molecule has 7 nitrogen and oxygen atoms in total. The quantitative estimate of drug-likeness (QED) is 0.577. The lowest BCUT2D eigenvalue weighted by Gasteiger charge is -2.10. The van der Waals surface area contributed by atoms with E-state index in [0.29, 0.717) is 12.2 Å². The number of hydrogen-bond acceptors (Lipinski definition) is 5. The van der Waals surface area contributed by atoms with E-state index < -0.39 is 28.5 Å². The van der Waals surface area contributed by atoms with Crippen molar-refractivity contribution in [2.45, 2.75) is 38.0 Å². The molecule has 0 aliphatic heterocycles. The average Bonchev–Trinajstić information content (AvgIpc) is 2.71. The minimum atomic E-state index is -3.88. The molecular weight excluding hydrogens is 392 g/mol. The van der Waals surface area contributed by atoms with Crippen molar-refractivity contribution >= 4 is 27.6 Å². The van der Waals surface area contributed by atoms with Crippen molar-refractivity contribution in [3.63, 3.8) is 0 Å². The van der Waals surface area contributed by atoms with E-state index in [0.717, 1.165) is 24.8 Å². The molecule has 0 aromatic heterocycles.